The van der Waals surface area contributed by atoms with E-state index in [1.165, 1.54) is 21.7 Å². The predicted molar refractivity (Wildman–Crippen MR) is 146 cm³/mol. The average molecular weight is 500 g/mol. The highest BCUT2D eigenvalue weighted by atomic mass is 32.2. The lowest BCUT2D eigenvalue weighted by atomic mass is 10.1. The molecule has 0 fully saturated rings. The van der Waals surface area contributed by atoms with Crippen LogP contribution in [0.25, 0.3) is 11.4 Å². The Labute approximate surface area is 218 Å². The van der Waals surface area contributed by atoms with Crippen LogP contribution in [-0.4, -0.2) is 27.5 Å². The fraction of sp³-hybridized carbons (Fsp3) is 0.300. The molecule has 0 amide bonds. The maximum absolute atomic E-state index is 5.64. The van der Waals surface area contributed by atoms with Gasteiger partial charge in [0, 0.05) is 36.6 Å². The van der Waals surface area contributed by atoms with Crippen LogP contribution in [0.4, 0.5) is 0 Å². The molecule has 0 saturated heterocycles. The van der Waals surface area contributed by atoms with E-state index in [0.29, 0.717) is 6.79 Å². The van der Waals surface area contributed by atoms with Crippen LogP contribution in [0, 0.1) is 0 Å². The molecule has 0 bridgehead atoms. The van der Waals surface area contributed by atoms with Gasteiger partial charge in [-0.15, -0.1) is 11.8 Å². The van der Waals surface area contributed by atoms with Gasteiger partial charge in [-0.25, -0.2) is 4.98 Å². The van der Waals surface area contributed by atoms with Gasteiger partial charge in [-0.1, -0.05) is 61.9 Å². The van der Waals surface area contributed by atoms with Gasteiger partial charge in [0.05, 0.1) is 11.9 Å². The molecular weight excluding hydrogens is 466 g/mol. The molecule has 0 radical (unpaired) electrons. The first kappa shape index (κ1) is 24.5. The Bertz CT molecular complexity index is 1270. The van der Waals surface area contributed by atoms with Gasteiger partial charge in [-0.05, 0) is 48.1 Å². The first-order valence-corrected chi connectivity index (χ1v) is 13.8. The number of unbranched alkanes of at least 4 members (excludes halogenated alkanes) is 1. The molecule has 5 rings (SSSR count). The second kappa shape index (κ2) is 11.7. The minimum absolute atomic E-state index is 0.295. The van der Waals surface area contributed by atoms with E-state index in [-0.39, 0.29) is 0 Å². The summed E-state index contributed by atoms with van der Waals surface area (Å²) in [6.07, 6.45) is 6.44. The molecule has 0 atom stereocenters. The zero-order valence-electron chi connectivity index (χ0n) is 21.0. The Kier molecular flexibility index (Phi) is 7.94. The first-order valence-electron chi connectivity index (χ1n) is 12.6. The maximum atomic E-state index is 5.64. The van der Waals surface area contributed by atoms with Crippen molar-refractivity contribution < 1.29 is 9.47 Å². The number of rotatable bonds is 11. The fourth-order valence-corrected chi connectivity index (χ4v) is 5.01. The zero-order chi connectivity index (χ0) is 24.7. The predicted octanol–water partition coefficient (Wildman–Crippen LogP) is 7.00. The largest absolute Gasteiger partial charge is 0.454 e. The van der Waals surface area contributed by atoms with Crippen LogP contribution >= 0.6 is 11.8 Å². The number of hydrogen-bond donors (Lipinski definition) is 0. The molecule has 186 valence electrons. The number of aromatic nitrogens is 2. The molecule has 1 aliphatic heterocycles. The number of imidazole rings is 1. The number of ether oxygens (including phenoxy) is 2. The molecule has 0 saturated carbocycles. The van der Waals surface area contributed by atoms with Gasteiger partial charge in [0.15, 0.2) is 11.5 Å². The number of thioether (sulfide) groups is 1. The van der Waals surface area contributed by atoms with E-state index in [1.54, 1.807) is 11.8 Å². The van der Waals surface area contributed by atoms with Gasteiger partial charge in [0.25, 0.3) is 0 Å². The Hall–Kier alpha value is -3.22. The van der Waals surface area contributed by atoms with E-state index in [1.807, 2.05) is 6.07 Å². The average Bonchev–Trinajstić information content (AvgIpc) is 3.55. The van der Waals surface area contributed by atoms with E-state index < -0.39 is 0 Å². The van der Waals surface area contributed by atoms with Gasteiger partial charge >= 0.3 is 0 Å². The lowest BCUT2D eigenvalue weighted by molar-refractivity contribution is 0.174. The normalized spacial score (nSPS) is 12.4. The molecular formula is C30H33N3O2S. The Morgan fingerprint density at radius 2 is 1.64 bits per heavy atom. The minimum atomic E-state index is 0.295. The molecule has 5 nitrogen and oxygen atoms in total. The van der Waals surface area contributed by atoms with Crippen molar-refractivity contribution in [1.82, 2.24) is 14.5 Å². The van der Waals surface area contributed by atoms with Crippen LogP contribution in [0.2, 0.25) is 0 Å². The zero-order valence-corrected chi connectivity index (χ0v) is 21.8. The van der Waals surface area contributed by atoms with E-state index in [0.717, 1.165) is 61.9 Å². The van der Waals surface area contributed by atoms with Crippen LogP contribution < -0.4 is 9.47 Å². The topological polar surface area (TPSA) is 39.5 Å². The van der Waals surface area contributed by atoms with Crippen molar-refractivity contribution in [1.29, 1.82) is 0 Å². The van der Waals surface area contributed by atoms with Crippen molar-refractivity contribution in [2.45, 2.75) is 50.8 Å². The summed E-state index contributed by atoms with van der Waals surface area (Å²) in [4.78, 5) is 8.64. The van der Waals surface area contributed by atoms with Crippen molar-refractivity contribution in [3.63, 3.8) is 0 Å². The summed E-state index contributed by atoms with van der Waals surface area (Å²) in [7, 11) is 0. The van der Waals surface area contributed by atoms with E-state index in [4.69, 9.17) is 14.5 Å². The third kappa shape index (κ3) is 5.77. The minimum Gasteiger partial charge on any atom is -0.454 e. The number of hydrogen-bond acceptors (Lipinski definition) is 5. The van der Waals surface area contributed by atoms with Gasteiger partial charge in [0.1, 0.15) is 5.82 Å². The van der Waals surface area contributed by atoms with Gasteiger partial charge in [-0.2, -0.15) is 0 Å². The Balaban J connectivity index is 1.44. The first-order chi connectivity index (χ1) is 17.7. The summed E-state index contributed by atoms with van der Waals surface area (Å²) in [5.74, 6) is 2.70. The van der Waals surface area contributed by atoms with Crippen molar-refractivity contribution in [2.24, 2.45) is 0 Å². The second-order valence-electron chi connectivity index (χ2n) is 9.13. The standard InChI is InChI=1S/C30H33N3O2S/c1-3-4-16-33-26(18-31-30(33)25-8-6-5-7-9-25)21-32(19-23-10-13-27(36-2)14-11-23)20-24-12-15-28-29(17-24)35-22-34-28/h5-15,17-18H,3-4,16,19-22H2,1-2H3. The highest BCUT2D eigenvalue weighted by Gasteiger charge is 2.18. The van der Waals surface area contributed by atoms with E-state index >= 15 is 0 Å². The molecule has 0 aliphatic carbocycles. The number of fused-ring (bicyclic) bond motifs is 1. The van der Waals surface area contributed by atoms with Crippen LogP contribution in [0.1, 0.15) is 36.6 Å². The molecule has 2 heterocycles. The van der Waals surface area contributed by atoms with E-state index in [9.17, 15) is 0 Å². The summed E-state index contributed by atoms with van der Waals surface area (Å²) >= 11 is 1.77. The Morgan fingerprint density at radius 3 is 2.42 bits per heavy atom. The summed E-state index contributed by atoms with van der Waals surface area (Å²) in [6, 6.07) is 25.7. The summed E-state index contributed by atoms with van der Waals surface area (Å²) in [6.45, 7) is 5.97. The molecule has 1 aliphatic rings. The fourth-order valence-electron chi connectivity index (χ4n) is 4.60. The van der Waals surface area contributed by atoms with E-state index in [2.05, 4.69) is 95.6 Å². The van der Waals surface area contributed by atoms with Crippen LogP contribution in [0.3, 0.4) is 0 Å². The third-order valence-electron chi connectivity index (χ3n) is 6.50. The van der Waals surface area contributed by atoms with Crippen molar-refractivity contribution in [3.8, 4) is 22.9 Å². The van der Waals surface area contributed by atoms with Crippen LogP contribution in [0.15, 0.2) is 83.9 Å². The second-order valence-corrected chi connectivity index (χ2v) is 10.0. The van der Waals surface area contributed by atoms with Gasteiger partial charge in [0.2, 0.25) is 6.79 Å². The molecule has 6 heteroatoms. The Morgan fingerprint density at radius 1 is 0.889 bits per heavy atom. The van der Waals surface area contributed by atoms with Crippen molar-refractivity contribution in [2.75, 3.05) is 13.0 Å². The summed E-state index contributed by atoms with van der Waals surface area (Å²) in [5, 5.41) is 0. The SMILES string of the molecule is CCCCn1c(CN(Cc2ccc(SC)cc2)Cc2ccc3c(c2)OCO3)cnc1-c1ccccc1. The monoisotopic (exact) mass is 499 g/mol. The molecule has 4 aromatic rings. The lowest BCUT2D eigenvalue weighted by Crippen LogP contribution is -2.24. The maximum Gasteiger partial charge on any atom is 0.231 e. The molecule has 3 aromatic carbocycles. The van der Waals surface area contributed by atoms with Crippen molar-refractivity contribution in [3.05, 3.63) is 95.8 Å². The molecule has 1 aromatic heterocycles. The third-order valence-corrected chi connectivity index (χ3v) is 7.24. The summed E-state index contributed by atoms with van der Waals surface area (Å²) in [5.41, 5.74) is 4.91. The van der Waals surface area contributed by atoms with Gasteiger partial charge in [-0.3, -0.25) is 4.90 Å². The molecule has 0 unspecified atom stereocenters. The quantitative estimate of drug-likeness (QED) is 0.208. The van der Waals surface area contributed by atoms with Gasteiger partial charge < -0.3 is 14.0 Å². The van der Waals surface area contributed by atoms with Crippen molar-refractivity contribution >= 4 is 11.8 Å². The number of benzene rings is 3. The van der Waals surface area contributed by atoms with Crippen LogP contribution in [0.5, 0.6) is 11.5 Å². The number of nitrogens with zero attached hydrogens (tertiary/aromatic N) is 3. The molecule has 36 heavy (non-hydrogen) atoms. The smallest absolute Gasteiger partial charge is 0.231 e. The lowest BCUT2D eigenvalue weighted by Gasteiger charge is -2.24. The molecule has 0 N–H and O–H groups in total. The highest BCUT2D eigenvalue weighted by molar-refractivity contribution is 7.98. The van der Waals surface area contributed by atoms with Crippen LogP contribution in [-0.2, 0) is 26.2 Å². The summed E-state index contributed by atoms with van der Waals surface area (Å²) < 4.78 is 13.6. The molecule has 0 spiro atoms. The highest BCUT2D eigenvalue weighted by Crippen LogP contribution is 2.33.